The monoisotopic (exact) mass is 393 g/mol. The molecule has 28 heavy (non-hydrogen) atoms. The number of rotatable bonds is 6. The van der Waals surface area contributed by atoms with Gasteiger partial charge in [0.1, 0.15) is 0 Å². The molecule has 142 valence electrons. The first-order chi connectivity index (χ1) is 13.6. The van der Waals surface area contributed by atoms with Crippen LogP contribution in [0.25, 0.3) is 22.0 Å². The molecule has 3 aromatic heterocycles. The maximum absolute atomic E-state index is 12.2. The summed E-state index contributed by atoms with van der Waals surface area (Å²) < 4.78 is 5.65. The van der Waals surface area contributed by atoms with E-state index in [-0.39, 0.29) is 12.3 Å². The molecule has 0 aliphatic heterocycles. The molecule has 0 aliphatic rings. The van der Waals surface area contributed by atoms with Crippen molar-refractivity contribution in [2.75, 3.05) is 5.32 Å². The van der Waals surface area contributed by atoms with E-state index in [1.807, 2.05) is 49.4 Å². The van der Waals surface area contributed by atoms with Gasteiger partial charge in [-0.15, -0.1) is 21.5 Å². The smallest absolute Gasteiger partial charge is 0.247 e. The Bertz CT molecular complexity index is 1090. The van der Waals surface area contributed by atoms with Gasteiger partial charge in [-0.05, 0) is 38.1 Å². The predicted molar refractivity (Wildman–Crippen MR) is 108 cm³/mol. The van der Waals surface area contributed by atoms with E-state index in [0.717, 1.165) is 21.7 Å². The van der Waals surface area contributed by atoms with Crippen molar-refractivity contribution >= 4 is 23.1 Å². The normalized spacial score (nSPS) is 10.9. The van der Waals surface area contributed by atoms with Crippen molar-refractivity contribution < 1.29 is 9.21 Å². The van der Waals surface area contributed by atoms with Crippen LogP contribution in [0, 0.1) is 13.8 Å². The lowest BCUT2D eigenvalue weighted by molar-refractivity contribution is -0.116. The number of nitrogens with one attached hydrogen (secondary N) is 2. The molecule has 0 unspecified atom stereocenters. The summed E-state index contributed by atoms with van der Waals surface area (Å²) in [7, 11) is 0. The number of anilines is 1. The molecular weight excluding hydrogens is 374 g/mol. The Kier molecular flexibility index (Phi) is 5.03. The molecule has 0 fully saturated rings. The first-order valence-electron chi connectivity index (χ1n) is 8.88. The predicted octanol–water partition coefficient (Wildman–Crippen LogP) is 4.38. The van der Waals surface area contributed by atoms with Crippen LogP contribution in [0.5, 0.6) is 0 Å². The highest BCUT2D eigenvalue weighted by molar-refractivity contribution is 7.15. The second kappa shape index (κ2) is 7.77. The van der Waals surface area contributed by atoms with Gasteiger partial charge in [0.25, 0.3) is 0 Å². The lowest BCUT2D eigenvalue weighted by atomic mass is 10.1. The number of aryl methyl sites for hydroxylation is 3. The fraction of sp³-hybridized carbons (Fsp3) is 0.200. The fourth-order valence-electron chi connectivity index (χ4n) is 2.68. The Hall–Kier alpha value is -3.26. The number of hydrogen-bond acceptors (Lipinski definition) is 6. The van der Waals surface area contributed by atoms with E-state index in [1.165, 1.54) is 4.88 Å². The number of benzene rings is 1. The third-order valence-corrected chi connectivity index (χ3v) is 5.22. The van der Waals surface area contributed by atoms with E-state index < -0.39 is 0 Å². The highest BCUT2D eigenvalue weighted by Crippen LogP contribution is 2.27. The van der Waals surface area contributed by atoms with Gasteiger partial charge < -0.3 is 9.73 Å². The van der Waals surface area contributed by atoms with Crippen LogP contribution in [0.1, 0.15) is 22.8 Å². The molecule has 7 nitrogen and oxygen atoms in total. The van der Waals surface area contributed by atoms with Crippen molar-refractivity contribution in [2.45, 2.75) is 26.7 Å². The number of nitrogens with zero attached hydrogens (tertiary/aromatic N) is 3. The summed E-state index contributed by atoms with van der Waals surface area (Å²) in [5.74, 6) is 1.23. The van der Waals surface area contributed by atoms with E-state index in [2.05, 4.69) is 32.6 Å². The van der Waals surface area contributed by atoms with Gasteiger partial charge in [-0.25, -0.2) is 0 Å². The second-order valence-electron chi connectivity index (χ2n) is 6.49. The number of amides is 1. The molecule has 0 bridgehead atoms. The molecule has 0 saturated heterocycles. The van der Waals surface area contributed by atoms with Crippen LogP contribution in [0.4, 0.5) is 5.82 Å². The molecule has 0 atom stereocenters. The van der Waals surface area contributed by atoms with Crippen LogP contribution in [-0.4, -0.2) is 26.3 Å². The summed E-state index contributed by atoms with van der Waals surface area (Å²) >= 11 is 1.67. The Labute approximate surface area is 165 Å². The van der Waals surface area contributed by atoms with Crippen molar-refractivity contribution in [1.29, 1.82) is 0 Å². The molecule has 1 aromatic carbocycles. The van der Waals surface area contributed by atoms with Crippen molar-refractivity contribution in [2.24, 2.45) is 0 Å². The first kappa shape index (κ1) is 18.1. The number of H-pyrrole nitrogens is 1. The van der Waals surface area contributed by atoms with E-state index in [1.54, 1.807) is 11.3 Å². The zero-order valence-electron chi connectivity index (χ0n) is 15.5. The minimum Gasteiger partial charge on any atom is -0.421 e. The zero-order valence-corrected chi connectivity index (χ0v) is 16.3. The molecule has 3 heterocycles. The van der Waals surface area contributed by atoms with E-state index in [0.29, 0.717) is 24.0 Å². The Morgan fingerprint density at radius 1 is 1.14 bits per heavy atom. The van der Waals surface area contributed by atoms with Crippen LogP contribution < -0.4 is 5.32 Å². The van der Waals surface area contributed by atoms with Crippen molar-refractivity contribution in [3.05, 3.63) is 58.8 Å². The summed E-state index contributed by atoms with van der Waals surface area (Å²) in [5.41, 5.74) is 2.91. The fourth-order valence-corrected chi connectivity index (χ4v) is 3.52. The summed E-state index contributed by atoms with van der Waals surface area (Å²) in [5, 5.41) is 18.0. The third-order valence-electron chi connectivity index (χ3n) is 4.18. The number of aromatic nitrogens is 4. The zero-order chi connectivity index (χ0) is 19.5. The van der Waals surface area contributed by atoms with Gasteiger partial charge in [0, 0.05) is 29.3 Å². The molecule has 0 spiro atoms. The minimum atomic E-state index is -0.157. The molecular formula is C20H19N5O2S. The van der Waals surface area contributed by atoms with Crippen molar-refractivity contribution in [3.63, 3.8) is 0 Å². The summed E-state index contributed by atoms with van der Waals surface area (Å²) in [6, 6.07) is 13.7. The third kappa shape index (κ3) is 4.17. The maximum atomic E-state index is 12.2. The lowest BCUT2D eigenvalue weighted by Gasteiger charge is -1.99. The minimum absolute atomic E-state index is 0.157. The number of carbonyl (C=O) groups is 1. The van der Waals surface area contributed by atoms with E-state index in [4.69, 9.17) is 4.42 Å². The Balaban J connectivity index is 1.32. The SMILES string of the molecule is Cc1ccc(-c2nnc(CCC(=O)Nc3cc(-c4ccc(C)s4)[nH]n3)o2)cc1. The van der Waals surface area contributed by atoms with Gasteiger partial charge >= 0.3 is 0 Å². The second-order valence-corrected chi connectivity index (χ2v) is 7.78. The van der Waals surface area contributed by atoms with Gasteiger partial charge in [0.15, 0.2) is 5.82 Å². The Morgan fingerprint density at radius 3 is 2.71 bits per heavy atom. The van der Waals surface area contributed by atoms with E-state index in [9.17, 15) is 4.79 Å². The molecule has 1 amide bonds. The Morgan fingerprint density at radius 2 is 1.96 bits per heavy atom. The summed E-state index contributed by atoms with van der Waals surface area (Å²) in [4.78, 5) is 14.5. The standard InChI is InChI=1S/C20H19N5O2S/c1-12-3-6-14(7-4-12)20-25-24-19(27-20)10-9-18(26)21-17-11-15(22-23-17)16-8-5-13(2)28-16/h3-8,11H,9-10H2,1-2H3,(H2,21,22,23,26). The molecule has 4 aromatic rings. The number of hydrogen-bond donors (Lipinski definition) is 2. The van der Waals surface area contributed by atoms with Crippen LogP contribution in [0.2, 0.25) is 0 Å². The molecule has 0 radical (unpaired) electrons. The van der Waals surface area contributed by atoms with Gasteiger partial charge in [-0.1, -0.05) is 17.7 Å². The average Bonchev–Trinajstić information content (AvgIpc) is 3.41. The van der Waals surface area contributed by atoms with Crippen molar-refractivity contribution in [1.82, 2.24) is 20.4 Å². The molecule has 0 aliphatic carbocycles. The molecule has 0 saturated carbocycles. The van der Waals surface area contributed by atoms with E-state index >= 15 is 0 Å². The largest absolute Gasteiger partial charge is 0.421 e. The van der Waals surface area contributed by atoms with Crippen LogP contribution >= 0.6 is 11.3 Å². The summed E-state index contributed by atoms with van der Waals surface area (Å²) in [6.07, 6.45) is 0.599. The first-order valence-corrected chi connectivity index (χ1v) is 9.70. The molecule has 8 heteroatoms. The van der Waals surface area contributed by atoms with Gasteiger partial charge in [-0.3, -0.25) is 9.89 Å². The molecule has 4 rings (SSSR count). The maximum Gasteiger partial charge on any atom is 0.247 e. The average molecular weight is 393 g/mol. The summed E-state index contributed by atoms with van der Waals surface area (Å²) in [6.45, 7) is 4.07. The topological polar surface area (TPSA) is 96.7 Å². The van der Waals surface area contributed by atoms with Crippen LogP contribution in [0.15, 0.2) is 46.9 Å². The lowest BCUT2D eigenvalue weighted by Crippen LogP contribution is -2.12. The molecule has 2 N–H and O–H groups in total. The van der Waals surface area contributed by atoms with Gasteiger partial charge in [0.2, 0.25) is 17.7 Å². The number of thiophene rings is 1. The highest BCUT2D eigenvalue weighted by atomic mass is 32.1. The van der Waals surface area contributed by atoms with Gasteiger partial charge in [0.05, 0.1) is 10.6 Å². The quantitative estimate of drug-likeness (QED) is 0.507. The number of carbonyl (C=O) groups excluding carboxylic acids is 1. The van der Waals surface area contributed by atoms with Crippen molar-refractivity contribution in [3.8, 4) is 22.0 Å². The van der Waals surface area contributed by atoms with Gasteiger partial charge in [-0.2, -0.15) is 5.10 Å². The van der Waals surface area contributed by atoms with Crippen LogP contribution in [-0.2, 0) is 11.2 Å². The number of aromatic amines is 1. The van der Waals surface area contributed by atoms with Crippen LogP contribution in [0.3, 0.4) is 0 Å². The highest BCUT2D eigenvalue weighted by Gasteiger charge is 2.12.